The Balaban J connectivity index is 1.73. The summed E-state index contributed by atoms with van der Waals surface area (Å²) in [5, 5.41) is 2.41. The first kappa shape index (κ1) is 27.5. The largest absolute Gasteiger partial charge is 0.416 e. The van der Waals surface area contributed by atoms with Crippen LogP contribution >= 0.6 is 15.9 Å². The van der Waals surface area contributed by atoms with Crippen molar-refractivity contribution in [3.8, 4) is 0 Å². The molecule has 0 saturated carbocycles. The van der Waals surface area contributed by atoms with Gasteiger partial charge in [-0.25, -0.2) is 16.8 Å². The van der Waals surface area contributed by atoms with E-state index < -0.39 is 44.2 Å². The highest BCUT2D eigenvalue weighted by Gasteiger charge is 2.32. The second-order valence-electron chi connectivity index (χ2n) is 7.50. The van der Waals surface area contributed by atoms with Crippen LogP contribution in [0.15, 0.2) is 82.2 Å². The third-order valence-electron chi connectivity index (χ3n) is 4.69. The average molecular weight is 606 g/mol. The molecule has 2 N–H and O–H groups in total. The van der Waals surface area contributed by atoms with Crippen molar-refractivity contribution in [2.75, 3.05) is 27.1 Å². The zero-order chi connectivity index (χ0) is 26.7. The summed E-state index contributed by atoms with van der Waals surface area (Å²) in [6.45, 7) is -0.800. The highest BCUT2D eigenvalue weighted by atomic mass is 79.9. The van der Waals surface area contributed by atoms with Crippen molar-refractivity contribution in [3.63, 3.8) is 0 Å². The van der Waals surface area contributed by atoms with Gasteiger partial charge in [-0.15, -0.1) is 0 Å². The van der Waals surface area contributed by atoms with Crippen molar-refractivity contribution in [1.29, 1.82) is 0 Å². The molecule has 0 aliphatic heterocycles. The minimum atomic E-state index is -4.70. The van der Waals surface area contributed by atoms with Gasteiger partial charge in [-0.05, 0) is 66.7 Å². The van der Waals surface area contributed by atoms with E-state index in [-0.39, 0.29) is 16.3 Å². The van der Waals surface area contributed by atoms with Gasteiger partial charge in [0.15, 0.2) is 0 Å². The van der Waals surface area contributed by atoms with Crippen LogP contribution in [0.3, 0.4) is 0 Å². The molecule has 3 rings (SSSR count). The van der Waals surface area contributed by atoms with Gasteiger partial charge in [0.05, 0.1) is 22.4 Å². The molecule has 3 aromatic rings. The molecule has 0 fully saturated rings. The molecule has 14 heteroatoms. The Labute approximate surface area is 214 Å². The lowest BCUT2D eigenvalue weighted by atomic mass is 10.2. The zero-order valence-electron chi connectivity index (χ0n) is 18.5. The summed E-state index contributed by atoms with van der Waals surface area (Å²) < 4.78 is 92.3. The van der Waals surface area contributed by atoms with Crippen LogP contribution in [0.4, 0.5) is 30.2 Å². The summed E-state index contributed by atoms with van der Waals surface area (Å²) in [6.07, 6.45) is -3.94. The first-order chi connectivity index (χ1) is 16.6. The molecule has 1 amide bonds. The molecule has 0 aliphatic carbocycles. The maximum atomic E-state index is 13.0. The summed E-state index contributed by atoms with van der Waals surface area (Å²) in [7, 11) is -8.03. The lowest BCUT2D eigenvalue weighted by molar-refractivity contribution is -0.137. The normalized spacial score (nSPS) is 12.1. The Kier molecular flexibility index (Phi) is 8.00. The molecule has 0 atom stereocenters. The Morgan fingerprint density at radius 2 is 1.50 bits per heavy atom. The molecule has 0 saturated heterocycles. The molecule has 0 radical (unpaired) electrons. The molecule has 3 aromatic carbocycles. The van der Waals surface area contributed by atoms with E-state index in [1.54, 1.807) is 24.3 Å². The summed E-state index contributed by atoms with van der Waals surface area (Å²) in [6, 6.07) is 15.1. The lowest BCUT2D eigenvalue weighted by Crippen LogP contribution is -2.37. The molecule has 0 spiro atoms. The van der Waals surface area contributed by atoms with E-state index in [9.17, 15) is 34.8 Å². The molecule has 0 unspecified atom stereocenters. The Bertz CT molecular complexity index is 1460. The first-order valence-corrected chi connectivity index (χ1v) is 14.1. The number of anilines is 3. The molecule has 192 valence electrons. The summed E-state index contributed by atoms with van der Waals surface area (Å²) in [5.74, 6) is -0.846. The zero-order valence-corrected chi connectivity index (χ0v) is 21.7. The Hall–Kier alpha value is -3.10. The number of hydrogen-bond donors (Lipinski definition) is 2. The number of alkyl halides is 3. The van der Waals surface area contributed by atoms with E-state index >= 15 is 0 Å². The average Bonchev–Trinajstić information content (AvgIpc) is 2.78. The monoisotopic (exact) mass is 605 g/mol. The van der Waals surface area contributed by atoms with Crippen LogP contribution in [-0.2, 0) is 31.0 Å². The van der Waals surface area contributed by atoms with E-state index in [4.69, 9.17) is 0 Å². The molecule has 0 aromatic heterocycles. The molecule has 8 nitrogen and oxygen atoms in total. The number of rotatable bonds is 8. The van der Waals surface area contributed by atoms with Gasteiger partial charge in [0.25, 0.3) is 10.0 Å². The number of amides is 1. The standard InChI is InChI=1S/C22H19BrF3N3O5S2/c1-35(31,32)29(19-4-2-3-15(13-19)22(24,25)26)14-21(30)27-17-9-11-20(12-10-17)36(33,34)28-18-7-5-16(23)6-8-18/h2-13,28H,14H2,1H3,(H,27,30). The van der Waals surface area contributed by atoms with Gasteiger partial charge in [-0.3, -0.25) is 13.8 Å². The first-order valence-electron chi connectivity index (χ1n) is 9.98. The van der Waals surface area contributed by atoms with Crippen LogP contribution < -0.4 is 14.3 Å². The van der Waals surface area contributed by atoms with Gasteiger partial charge in [0, 0.05) is 15.8 Å². The van der Waals surface area contributed by atoms with Gasteiger partial charge in [0.1, 0.15) is 6.54 Å². The quantitative estimate of drug-likeness (QED) is 0.387. The maximum absolute atomic E-state index is 13.0. The second-order valence-corrected chi connectivity index (χ2v) is 12.0. The minimum Gasteiger partial charge on any atom is -0.325 e. The van der Waals surface area contributed by atoms with Crippen LogP contribution in [0.2, 0.25) is 0 Å². The van der Waals surface area contributed by atoms with Crippen LogP contribution in [0.25, 0.3) is 0 Å². The van der Waals surface area contributed by atoms with Crippen molar-refractivity contribution in [2.45, 2.75) is 11.1 Å². The topological polar surface area (TPSA) is 113 Å². The number of halogens is 4. The van der Waals surface area contributed by atoms with Crippen molar-refractivity contribution in [2.24, 2.45) is 0 Å². The Morgan fingerprint density at radius 3 is 2.06 bits per heavy atom. The number of benzene rings is 3. The van der Waals surface area contributed by atoms with Gasteiger partial charge in [-0.2, -0.15) is 13.2 Å². The van der Waals surface area contributed by atoms with Crippen LogP contribution in [0, 0.1) is 0 Å². The smallest absolute Gasteiger partial charge is 0.325 e. The SMILES string of the molecule is CS(=O)(=O)N(CC(=O)Nc1ccc(S(=O)(=O)Nc2ccc(Br)cc2)cc1)c1cccc(C(F)(F)F)c1. The predicted octanol–water partition coefficient (Wildman–Crippen LogP) is 4.67. The molecule has 0 heterocycles. The summed E-state index contributed by atoms with van der Waals surface area (Å²) in [5.41, 5.74) is -0.906. The molecule has 0 bridgehead atoms. The second kappa shape index (κ2) is 10.5. The van der Waals surface area contributed by atoms with E-state index in [0.717, 1.165) is 28.9 Å². The van der Waals surface area contributed by atoms with Crippen LogP contribution in [0.1, 0.15) is 5.56 Å². The Morgan fingerprint density at radius 1 is 0.917 bits per heavy atom. The highest BCUT2D eigenvalue weighted by Crippen LogP contribution is 2.32. The number of carbonyl (C=O) groups excluding carboxylic acids is 1. The number of nitrogens with one attached hydrogen (secondary N) is 2. The number of hydrogen-bond acceptors (Lipinski definition) is 5. The van der Waals surface area contributed by atoms with Gasteiger partial charge in [0.2, 0.25) is 15.9 Å². The third-order valence-corrected chi connectivity index (χ3v) is 7.76. The number of sulfonamides is 2. The van der Waals surface area contributed by atoms with Crippen LogP contribution in [-0.4, -0.2) is 35.5 Å². The molecule has 36 heavy (non-hydrogen) atoms. The summed E-state index contributed by atoms with van der Waals surface area (Å²) in [4.78, 5) is 12.4. The fourth-order valence-corrected chi connectivity index (χ4v) is 5.19. The van der Waals surface area contributed by atoms with E-state index in [0.29, 0.717) is 16.1 Å². The van der Waals surface area contributed by atoms with E-state index in [1.807, 2.05) is 0 Å². The van der Waals surface area contributed by atoms with Crippen LogP contribution in [0.5, 0.6) is 0 Å². The molecular weight excluding hydrogens is 587 g/mol. The van der Waals surface area contributed by atoms with Gasteiger partial charge in [-0.1, -0.05) is 22.0 Å². The number of nitrogens with zero attached hydrogens (tertiary/aromatic N) is 1. The lowest BCUT2D eigenvalue weighted by Gasteiger charge is -2.22. The van der Waals surface area contributed by atoms with E-state index in [1.165, 1.54) is 24.3 Å². The molecular formula is C22H19BrF3N3O5S2. The maximum Gasteiger partial charge on any atom is 0.416 e. The molecule has 0 aliphatic rings. The van der Waals surface area contributed by atoms with Crippen molar-refractivity contribution >= 4 is 58.9 Å². The van der Waals surface area contributed by atoms with Crippen molar-refractivity contribution < 1.29 is 34.8 Å². The van der Waals surface area contributed by atoms with Crippen molar-refractivity contribution in [3.05, 3.63) is 82.8 Å². The fourth-order valence-electron chi connectivity index (χ4n) is 3.02. The van der Waals surface area contributed by atoms with Gasteiger partial charge >= 0.3 is 6.18 Å². The highest BCUT2D eigenvalue weighted by molar-refractivity contribution is 9.10. The fraction of sp³-hybridized carbons (Fsp3) is 0.136. The van der Waals surface area contributed by atoms with Gasteiger partial charge < -0.3 is 5.32 Å². The summed E-state index contributed by atoms with van der Waals surface area (Å²) >= 11 is 3.25. The van der Waals surface area contributed by atoms with E-state index in [2.05, 4.69) is 26.0 Å². The number of carbonyl (C=O) groups is 1. The third kappa shape index (κ3) is 7.21. The minimum absolute atomic E-state index is 0.0925. The van der Waals surface area contributed by atoms with Crippen molar-refractivity contribution in [1.82, 2.24) is 0 Å². The predicted molar refractivity (Wildman–Crippen MR) is 134 cm³/mol.